The maximum Gasteiger partial charge on any atom is 0.416 e. The molecular weight excluding hydrogens is 590 g/mol. The summed E-state index contributed by atoms with van der Waals surface area (Å²) in [6, 6.07) is 2.79. The number of nitrogens with one attached hydrogen (secondary N) is 1. The van der Waals surface area contributed by atoms with Crippen LogP contribution in [0, 0.1) is 5.82 Å². The molecule has 2 aliphatic heterocycles. The summed E-state index contributed by atoms with van der Waals surface area (Å²) in [4.78, 5) is 31.4. The molecule has 15 heteroatoms. The van der Waals surface area contributed by atoms with Gasteiger partial charge in [-0.3, -0.25) is 14.6 Å². The number of hydrogen-bond donors (Lipinski definition) is 2. The van der Waals surface area contributed by atoms with E-state index in [-0.39, 0.29) is 17.7 Å². The third kappa shape index (κ3) is 7.33. The smallest absolute Gasteiger partial charge is 0.416 e. The fourth-order valence-corrected chi connectivity index (χ4v) is 6.45. The maximum absolute atomic E-state index is 14.4. The molecule has 10 nitrogen and oxygen atoms in total. The van der Waals surface area contributed by atoms with Crippen molar-refractivity contribution in [3.8, 4) is 17.0 Å². The lowest BCUT2D eigenvalue weighted by atomic mass is 10.1. The zero-order valence-electron chi connectivity index (χ0n) is 23.8. The number of aliphatic carboxylic acids is 1. The third-order valence-corrected chi connectivity index (χ3v) is 8.72. The summed E-state index contributed by atoms with van der Waals surface area (Å²) in [6.45, 7) is 6.42. The van der Waals surface area contributed by atoms with Crippen LogP contribution in [-0.4, -0.2) is 88.2 Å². The fraction of sp³-hybridized carbons (Fsp3) is 0.500. The number of halogens is 4. The molecule has 3 aromatic rings. The van der Waals surface area contributed by atoms with Gasteiger partial charge in [-0.1, -0.05) is 11.3 Å². The van der Waals surface area contributed by atoms with Crippen molar-refractivity contribution in [2.75, 3.05) is 56.6 Å². The molecule has 4 heterocycles. The number of likely N-dealkylation sites (tertiary alicyclic amines) is 1. The van der Waals surface area contributed by atoms with Crippen molar-refractivity contribution in [1.29, 1.82) is 0 Å². The first-order valence-corrected chi connectivity index (χ1v) is 14.8. The Hall–Kier alpha value is -3.56. The molecule has 2 N–H and O–H groups in total. The summed E-state index contributed by atoms with van der Waals surface area (Å²) in [5, 5.41) is 12.5. The molecule has 0 radical (unpaired) electrons. The Kier molecular flexibility index (Phi) is 9.32. The number of aromatic nitrogens is 3. The van der Waals surface area contributed by atoms with Crippen LogP contribution in [-0.2, 0) is 17.5 Å². The van der Waals surface area contributed by atoms with Crippen LogP contribution in [0.3, 0.4) is 0 Å². The number of nitrogens with zero attached hydrogens (tertiary/aromatic N) is 6. The molecule has 2 aliphatic rings. The van der Waals surface area contributed by atoms with E-state index in [9.17, 15) is 22.4 Å². The Balaban J connectivity index is 1.43. The zero-order chi connectivity index (χ0) is 30.7. The Morgan fingerprint density at radius 3 is 2.58 bits per heavy atom. The minimum atomic E-state index is -4.70. The molecule has 2 saturated heterocycles. The Labute approximate surface area is 250 Å². The first-order chi connectivity index (χ1) is 20.5. The molecule has 2 fully saturated rings. The van der Waals surface area contributed by atoms with Gasteiger partial charge in [0.05, 0.1) is 24.8 Å². The number of anilines is 3. The number of thiazole rings is 1. The second-order valence-corrected chi connectivity index (χ2v) is 11.7. The first kappa shape index (κ1) is 30.9. The first-order valence-electron chi connectivity index (χ1n) is 14.0. The van der Waals surface area contributed by atoms with Crippen molar-refractivity contribution in [3.05, 3.63) is 40.8 Å². The van der Waals surface area contributed by atoms with Crippen LogP contribution in [0.5, 0.6) is 5.75 Å². The molecule has 232 valence electrons. The fourth-order valence-electron chi connectivity index (χ4n) is 5.45. The van der Waals surface area contributed by atoms with Crippen molar-refractivity contribution in [1.82, 2.24) is 24.8 Å². The average molecular weight is 624 g/mol. The van der Waals surface area contributed by atoms with Gasteiger partial charge in [0.1, 0.15) is 12.1 Å². The van der Waals surface area contributed by atoms with Crippen molar-refractivity contribution in [2.45, 2.75) is 44.9 Å². The molecule has 43 heavy (non-hydrogen) atoms. The number of alkyl halides is 3. The highest BCUT2D eigenvalue weighted by Crippen LogP contribution is 2.40. The minimum absolute atomic E-state index is 0.0505. The number of hydrogen-bond acceptors (Lipinski definition) is 10. The van der Waals surface area contributed by atoms with Crippen LogP contribution in [0.4, 0.5) is 34.3 Å². The number of piperazine rings is 1. The number of carboxylic acid groups (broad SMARTS) is 1. The van der Waals surface area contributed by atoms with Crippen molar-refractivity contribution < 1.29 is 32.2 Å². The van der Waals surface area contributed by atoms with Crippen LogP contribution in [0.15, 0.2) is 24.5 Å². The number of rotatable bonds is 10. The monoisotopic (exact) mass is 623 g/mol. The van der Waals surface area contributed by atoms with Gasteiger partial charge in [0.15, 0.2) is 16.8 Å². The molecule has 1 atom stereocenters. The summed E-state index contributed by atoms with van der Waals surface area (Å²) in [6.07, 6.45) is -1.20. The Morgan fingerprint density at radius 1 is 1.16 bits per heavy atom. The topological polar surface area (TPSA) is 107 Å². The minimum Gasteiger partial charge on any atom is -0.490 e. The van der Waals surface area contributed by atoms with Gasteiger partial charge in [-0.25, -0.2) is 19.3 Å². The van der Waals surface area contributed by atoms with Crippen molar-refractivity contribution in [3.63, 3.8) is 0 Å². The van der Waals surface area contributed by atoms with Crippen LogP contribution in [0.2, 0.25) is 0 Å². The predicted octanol–water partition coefficient (Wildman–Crippen LogP) is 5.09. The van der Waals surface area contributed by atoms with Gasteiger partial charge in [-0.05, 0) is 44.5 Å². The van der Waals surface area contributed by atoms with Crippen LogP contribution < -0.4 is 15.0 Å². The second-order valence-electron chi connectivity index (χ2n) is 10.7. The highest BCUT2D eigenvalue weighted by molar-refractivity contribution is 7.16. The quantitative estimate of drug-likeness (QED) is 0.297. The van der Waals surface area contributed by atoms with E-state index in [1.165, 1.54) is 24.8 Å². The van der Waals surface area contributed by atoms with E-state index in [0.29, 0.717) is 78.8 Å². The third-order valence-electron chi connectivity index (χ3n) is 7.76. The lowest BCUT2D eigenvalue weighted by molar-refractivity contribution is -0.138. The molecule has 0 amide bonds. The maximum atomic E-state index is 14.4. The summed E-state index contributed by atoms with van der Waals surface area (Å²) >= 11 is 1.27. The highest BCUT2D eigenvalue weighted by atomic mass is 32.1. The summed E-state index contributed by atoms with van der Waals surface area (Å²) < 4.78 is 60.7. The second kappa shape index (κ2) is 13.0. The zero-order valence-corrected chi connectivity index (χ0v) is 24.6. The summed E-state index contributed by atoms with van der Waals surface area (Å²) in [5.74, 6) is -0.563. The van der Waals surface area contributed by atoms with E-state index in [4.69, 9.17) is 9.84 Å². The highest BCUT2D eigenvalue weighted by Gasteiger charge is 2.32. The van der Waals surface area contributed by atoms with E-state index in [1.807, 2.05) is 4.90 Å². The molecule has 2 aromatic heterocycles. The summed E-state index contributed by atoms with van der Waals surface area (Å²) in [5.41, 5.74) is -0.743. The van der Waals surface area contributed by atoms with Crippen molar-refractivity contribution in [2.24, 2.45) is 0 Å². The van der Waals surface area contributed by atoms with E-state index in [2.05, 4.69) is 37.0 Å². The van der Waals surface area contributed by atoms with E-state index >= 15 is 0 Å². The molecule has 0 bridgehead atoms. The van der Waals surface area contributed by atoms with Crippen molar-refractivity contribution >= 4 is 34.1 Å². The van der Waals surface area contributed by atoms with Gasteiger partial charge >= 0.3 is 12.1 Å². The average Bonchev–Trinajstić information content (AvgIpc) is 3.56. The standard InChI is InChI=1S/C28H33F4N7O3S/c1-17-4-3-6-39(17)15-21-23(18-12-19(28(30,31)32)14-20(29)13-18)35-27(43-21)36-25-24(42-2)26(34-16-33-25)38-10-8-37(9-11-38)7-5-22(40)41/h12-14,16-17H,3-11,15H2,1-2H3,(H,40,41)(H,33,34,35,36)/t17-/m1/s1. The van der Waals surface area contributed by atoms with Crippen LogP contribution in [0.25, 0.3) is 11.3 Å². The lowest BCUT2D eigenvalue weighted by Gasteiger charge is -2.35. The molecule has 0 aliphatic carbocycles. The molecular formula is C28H33F4N7O3S. The largest absolute Gasteiger partial charge is 0.490 e. The molecule has 5 rings (SSSR count). The predicted molar refractivity (Wildman–Crippen MR) is 154 cm³/mol. The van der Waals surface area contributed by atoms with Crippen LogP contribution in [0.1, 0.15) is 36.6 Å². The number of carboxylic acids is 1. The van der Waals surface area contributed by atoms with Gasteiger partial charge in [-0.15, -0.1) is 0 Å². The van der Waals surface area contributed by atoms with E-state index in [0.717, 1.165) is 31.5 Å². The summed E-state index contributed by atoms with van der Waals surface area (Å²) in [7, 11) is 1.50. The molecule has 1 aromatic carbocycles. The molecule has 0 saturated carbocycles. The van der Waals surface area contributed by atoms with Gasteiger partial charge in [-0.2, -0.15) is 13.2 Å². The SMILES string of the molecule is COc1c(Nc2nc(-c3cc(F)cc(C(F)(F)F)c3)c(CN3CCC[C@H]3C)s2)ncnc1N1CCN(CCC(=O)O)CC1. The lowest BCUT2D eigenvalue weighted by Crippen LogP contribution is -2.47. The number of ether oxygens (including phenoxy) is 1. The Bertz CT molecular complexity index is 1450. The normalized spacial score (nSPS) is 18.3. The Morgan fingerprint density at radius 2 is 1.93 bits per heavy atom. The van der Waals surface area contributed by atoms with Gasteiger partial charge < -0.3 is 20.1 Å². The molecule has 0 spiro atoms. The van der Waals surface area contributed by atoms with Gasteiger partial charge in [0, 0.05) is 55.8 Å². The van der Waals surface area contributed by atoms with Gasteiger partial charge in [0.2, 0.25) is 5.75 Å². The van der Waals surface area contributed by atoms with Crippen LogP contribution >= 0.6 is 11.3 Å². The number of methoxy groups -OCH3 is 1. The van der Waals surface area contributed by atoms with E-state index < -0.39 is 23.5 Å². The van der Waals surface area contributed by atoms with E-state index in [1.54, 1.807) is 0 Å². The number of carbonyl (C=O) groups is 1. The van der Waals surface area contributed by atoms with Gasteiger partial charge in [0.25, 0.3) is 0 Å². The number of benzene rings is 1. The molecule has 0 unspecified atom stereocenters.